The maximum Gasteiger partial charge on any atom is 0.334 e. The molecule has 84 valence electrons. The Morgan fingerprint density at radius 2 is 2.12 bits per heavy atom. The second-order valence-electron chi connectivity index (χ2n) is 3.58. The molecule has 1 aromatic carbocycles. The van der Waals surface area contributed by atoms with E-state index in [9.17, 15) is 4.79 Å². The zero-order valence-electron chi connectivity index (χ0n) is 9.18. The van der Waals surface area contributed by atoms with E-state index in [1.165, 1.54) is 6.08 Å². The van der Waals surface area contributed by atoms with E-state index in [-0.39, 0.29) is 12.1 Å². The molecule has 1 aliphatic heterocycles. The lowest BCUT2D eigenvalue weighted by atomic mass is 10.0. The lowest BCUT2D eigenvalue weighted by Gasteiger charge is -2.23. The van der Waals surface area contributed by atoms with Crippen LogP contribution in [-0.2, 0) is 14.3 Å². The molecule has 0 saturated carbocycles. The molecule has 2 rings (SSSR count). The van der Waals surface area contributed by atoms with Crippen LogP contribution in [0.1, 0.15) is 25.0 Å². The van der Waals surface area contributed by atoms with Crippen molar-refractivity contribution in [3.63, 3.8) is 0 Å². The molecule has 3 nitrogen and oxygen atoms in total. The first-order valence-corrected chi connectivity index (χ1v) is 5.38. The van der Waals surface area contributed by atoms with Crippen LogP contribution in [0.25, 0.3) is 0 Å². The molecule has 3 heteroatoms. The number of hydrogen-bond acceptors (Lipinski definition) is 3. The van der Waals surface area contributed by atoms with Crippen molar-refractivity contribution in [1.82, 2.24) is 0 Å². The molecule has 0 aliphatic carbocycles. The summed E-state index contributed by atoms with van der Waals surface area (Å²) in [5.41, 5.74) is 1.00. The van der Waals surface area contributed by atoms with Gasteiger partial charge in [0.1, 0.15) is 11.9 Å². The van der Waals surface area contributed by atoms with Gasteiger partial charge in [-0.3, -0.25) is 0 Å². The lowest BCUT2D eigenvalue weighted by Crippen LogP contribution is -2.17. The third-order valence-electron chi connectivity index (χ3n) is 2.42. The fraction of sp³-hybridized carbons (Fsp3) is 0.308. The molecular weight excluding hydrogens is 204 g/mol. The summed E-state index contributed by atoms with van der Waals surface area (Å²) in [6, 6.07) is 9.71. The number of esters is 1. The van der Waals surface area contributed by atoms with Crippen LogP contribution in [0.15, 0.2) is 42.2 Å². The van der Waals surface area contributed by atoms with Crippen molar-refractivity contribution in [2.45, 2.75) is 19.4 Å². The summed E-state index contributed by atoms with van der Waals surface area (Å²) in [6.45, 7) is 2.47. The number of rotatable bonds is 3. The summed E-state index contributed by atoms with van der Waals surface area (Å²) >= 11 is 0. The first kappa shape index (κ1) is 10.7. The standard InChI is InChI=1S/C13H14O3/c1-2-15-11-8-12(16-13(14)9-11)10-6-4-3-5-7-10/h3-7,9,12H,2,8H2,1H3/t12-/m0/s1. The summed E-state index contributed by atoms with van der Waals surface area (Å²) in [6.07, 6.45) is 1.81. The molecule has 0 amide bonds. The van der Waals surface area contributed by atoms with Crippen LogP contribution in [0.2, 0.25) is 0 Å². The number of benzene rings is 1. The van der Waals surface area contributed by atoms with E-state index >= 15 is 0 Å². The quantitative estimate of drug-likeness (QED) is 0.731. The Morgan fingerprint density at radius 1 is 1.38 bits per heavy atom. The Kier molecular flexibility index (Phi) is 3.25. The number of hydrogen-bond donors (Lipinski definition) is 0. The van der Waals surface area contributed by atoms with E-state index in [0.717, 1.165) is 5.56 Å². The van der Waals surface area contributed by atoms with Crippen LogP contribution >= 0.6 is 0 Å². The van der Waals surface area contributed by atoms with Crippen molar-refractivity contribution < 1.29 is 14.3 Å². The molecule has 0 spiro atoms. The SMILES string of the molecule is CCOC1=CC(=O)O[C@H](c2ccccc2)C1. The van der Waals surface area contributed by atoms with Crippen LogP contribution < -0.4 is 0 Å². The minimum Gasteiger partial charge on any atom is -0.498 e. The van der Waals surface area contributed by atoms with Gasteiger partial charge in [0.15, 0.2) is 0 Å². The maximum atomic E-state index is 11.4. The molecule has 1 aliphatic rings. The second-order valence-corrected chi connectivity index (χ2v) is 3.58. The van der Waals surface area contributed by atoms with Gasteiger partial charge in [-0.1, -0.05) is 30.3 Å². The van der Waals surface area contributed by atoms with Crippen molar-refractivity contribution in [3.05, 3.63) is 47.7 Å². The van der Waals surface area contributed by atoms with Gasteiger partial charge >= 0.3 is 5.97 Å². The van der Waals surface area contributed by atoms with Crippen molar-refractivity contribution in [3.8, 4) is 0 Å². The Labute approximate surface area is 94.7 Å². The van der Waals surface area contributed by atoms with Crippen molar-refractivity contribution >= 4 is 5.97 Å². The molecule has 1 heterocycles. The summed E-state index contributed by atoms with van der Waals surface area (Å²) in [7, 11) is 0. The fourth-order valence-corrected chi connectivity index (χ4v) is 1.73. The van der Waals surface area contributed by atoms with Crippen molar-refractivity contribution in [1.29, 1.82) is 0 Å². The van der Waals surface area contributed by atoms with Crippen LogP contribution in [0.3, 0.4) is 0 Å². The van der Waals surface area contributed by atoms with E-state index in [2.05, 4.69) is 0 Å². The number of carbonyl (C=O) groups is 1. The lowest BCUT2D eigenvalue weighted by molar-refractivity contribution is -0.145. The van der Waals surface area contributed by atoms with E-state index in [4.69, 9.17) is 9.47 Å². The van der Waals surface area contributed by atoms with E-state index in [1.54, 1.807) is 0 Å². The zero-order chi connectivity index (χ0) is 11.4. The Bertz CT molecular complexity index is 395. The molecule has 0 radical (unpaired) electrons. The van der Waals surface area contributed by atoms with Gasteiger partial charge < -0.3 is 9.47 Å². The third kappa shape index (κ3) is 2.42. The fourth-order valence-electron chi connectivity index (χ4n) is 1.73. The van der Waals surface area contributed by atoms with Gasteiger partial charge in [-0.05, 0) is 12.5 Å². The normalized spacial score (nSPS) is 19.9. The maximum absolute atomic E-state index is 11.4. The topological polar surface area (TPSA) is 35.5 Å². The van der Waals surface area contributed by atoms with Crippen LogP contribution in [0, 0.1) is 0 Å². The Morgan fingerprint density at radius 3 is 2.81 bits per heavy atom. The number of carbonyl (C=O) groups excluding carboxylic acids is 1. The van der Waals surface area contributed by atoms with E-state index in [1.807, 2.05) is 37.3 Å². The summed E-state index contributed by atoms with van der Waals surface area (Å²) in [5, 5.41) is 0. The molecule has 0 bridgehead atoms. The minimum absolute atomic E-state index is 0.222. The third-order valence-corrected chi connectivity index (χ3v) is 2.42. The van der Waals surface area contributed by atoms with Crippen molar-refractivity contribution in [2.75, 3.05) is 6.61 Å². The summed E-state index contributed by atoms with van der Waals surface area (Å²) in [4.78, 5) is 11.4. The molecule has 0 N–H and O–H groups in total. The van der Waals surface area contributed by atoms with Gasteiger partial charge in [0.05, 0.1) is 12.7 Å². The summed E-state index contributed by atoms with van der Waals surface area (Å²) in [5.74, 6) is 0.371. The molecule has 1 atom stereocenters. The van der Waals surface area contributed by atoms with Crippen LogP contribution in [0.4, 0.5) is 0 Å². The van der Waals surface area contributed by atoms with Gasteiger partial charge in [-0.15, -0.1) is 0 Å². The van der Waals surface area contributed by atoms with Gasteiger partial charge in [-0.2, -0.15) is 0 Å². The summed E-state index contributed by atoms with van der Waals surface area (Å²) < 4.78 is 10.6. The second kappa shape index (κ2) is 4.84. The molecule has 0 unspecified atom stereocenters. The molecule has 1 aromatic rings. The Hall–Kier alpha value is -1.77. The highest BCUT2D eigenvalue weighted by Crippen LogP contribution is 2.29. The highest BCUT2D eigenvalue weighted by Gasteiger charge is 2.23. The van der Waals surface area contributed by atoms with Crippen LogP contribution in [0.5, 0.6) is 0 Å². The van der Waals surface area contributed by atoms with E-state index < -0.39 is 0 Å². The monoisotopic (exact) mass is 218 g/mol. The molecule has 0 fully saturated rings. The van der Waals surface area contributed by atoms with Gasteiger partial charge in [0.2, 0.25) is 0 Å². The molecule has 0 aromatic heterocycles. The Balaban J connectivity index is 2.15. The largest absolute Gasteiger partial charge is 0.498 e. The highest BCUT2D eigenvalue weighted by atomic mass is 16.6. The van der Waals surface area contributed by atoms with E-state index in [0.29, 0.717) is 18.8 Å². The first-order chi connectivity index (χ1) is 7.79. The predicted molar refractivity (Wildman–Crippen MR) is 59.6 cm³/mol. The smallest absolute Gasteiger partial charge is 0.334 e. The van der Waals surface area contributed by atoms with Gasteiger partial charge in [-0.25, -0.2) is 4.79 Å². The molecule has 16 heavy (non-hydrogen) atoms. The number of cyclic esters (lactones) is 1. The molecular formula is C13H14O3. The predicted octanol–water partition coefficient (Wildman–Crippen LogP) is 2.60. The van der Waals surface area contributed by atoms with Crippen LogP contribution in [-0.4, -0.2) is 12.6 Å². The zero-order valence-corrected chi connectivity index (χ0v) is 9.18. The molecule has 0 saturated heterocycles. The minimum atomic E-state index is -0.330. The van der Waals surface area contributed by atoms with Gasteiger partial charge in [0.25, 0.3) is 0 Å². The average molecular weight is 218 g/mol. The number of ether oxygens (including phenoxy) is 2. The first-order valence-electron chi connectivity index (χ1n) is 5.38. The van der Waals surface area contributed by atoms with Gasteiger partial charge in [0, 0.05) is 6.42 Å². The average Bonchev–Trinajstić information content (AvgIpc) is 2.30. The van der Waals surface area contributed by atoms with Crippen molar-refractivity contribution in [2.24, 2.45) is 0 Å². The highest BCUT2D eigenvalue weighted by molar-refractivity contribution is 5.83.